The molecule has 0 N–H and O–H groups in total. The predicted octanol–water partition coefficient (Wildman–Crippen LogP) is 12.9. The van der Waals surface area contributed by atoms with Gasteiger partial charge in [0.05, 0.1) is 0 Å². The molecule has 0 aliphatic carbocycles. The summed E-state index contributed by atoms with van der Waals surface area (Å²) in [4.78, 5) is 0. The average molecular weight is 587 g/mol. The molecule has 0 atom stereocenters. The Labute approximate surface area is 271 Å². The van der Waals surface area contributed by atoms with E-state index >= 15 is 0 Å². The van der Waals surface area contributed by atoms with E-state index in [1.54, 1.807) is 0 Å². The number of hydrogen-bond acceptors (Lipinski definition) is 0. The van der Waals surface area contributed by atoms with Gasteiger partial charge in [0.1, 0.15) is 0 Å². The lowest BCUT2D eigenvalue weighted by molar-refractivity contribution is 1.38. The first-order valence-electron chi connectivity index (χ1n) is 16.0. The van der Waals surface area contributed by atoms with Gasteiger partial charge in [-0.05, 0) is 97.1 Å². The fraction of sp³-hybridized carbons (Fsp3) is 0.0435. The molecule has 0 heteroatoms. The van der Waals surface area contributed by atoms with Gasteiger partial charge < -0.3 is 0 Å². The Bertz CT molecular complexity index is 2310. The molecule has 0 saturated carbocycles. The van der Waals surface area contributed by atoms with E-state index < -0.39 is 0 Å². The molecule has 0 nitrogen and oxygen atoms in total. The van der Waals surface area contributed by atoms with Crippen LogP contribution in [0.25, 0.3) is 77.2 Å². The van der Waals surface area contributed by atoms with Crippen molar-refractivity contribution in [2.24, 2.45) is 0 Å². The summed E-state index contributed by atoms with van der Waals surface area (Å²) in [6, 6.07) is 62.2. The number of aryl methyl sites for hydroxylation is 2. The zero-order valence-corrected chi connectivity index (χ0v) is 26.2. The van der Waals surface area contributed by atoms with Gasteiger partial charge in [0.15, 0.2) is 0 Å². The Balaban J connectivity index is 1.39. The maximum atomic E-state index is 2.41. The number of hydrogen-bond donors (Lipinski definition) is 0. The number of rotatable bonds is 5. The van der Waals surface area contributed by atoms with Crippen molar-refractivity contribution in [2.75, 3.05) is 0 Å². The maximum absolute atomic E-state index is 2.41. The molecule has 8 aromatic carbocycles. The topological polar surface area (TPSA) is 0 Å². The Morgan fingerprint density at radius 3 is 1.11 bits per heavy atom. The first kappa shape index (κ1) is 27.8. The fourth-order valence-corrected chi connectivity index (χ4v) is 7.04. The third-order valence-electron chi connectivity index (χ3n) is 9.14. The van der Waals surface area contributed by atoms with Gasteiger partial charge in [-0.2, -0.15) is 0 Å². The van der Waals surface area contributed by atoms with E-state index in [1.807, 2.05) is 0 Å². The first-order chi connectivity index (χ1) is 22.6. The van der Waals surface area contributed by atoms with E-state index in [4.69, 9.17) is 0 Å². The van der Waals surface area contributed by atoms with Gasteiger partial charge in [-0.25, -0.2) is 0 Å². The highest BCUT2D eigenvalue weighted by Crippen LogP contribution is 2.45. The summed E-state index contributed by atoms with van der Waals surface area (Å²) in [5.41, 5.74) is 15.0. The SMILES string of the molecule is Cc1cc(C)cc(-c2ccc3c(-c4ccc(-c5ccccc5)cc4)c4ccccc4c(-c4ccc(-c5ccccc5)cc4)c3c2)c1. The highest BCUT2D eigenvalue weighted by molar-refractivity contribution is 6.22. The van der Waals surface area contributed by atoms with E-state index in [1.165, 1.54) is 88.3 Å². The Morgan fingerprint density at radius 1 is 0.239 bits per heavy atom. The third kappa shape index (κ3) is 5.09. The third-order valence-corrected chi connectivity index (χ3v) is 9.14. The van der Waals surface area contributed by atoms with Gasteiger partial charge in [0.25, 0.3) is 0 Å². The molecule has 0 aromatic heterocycles. The largest absolute Gasteiger partial charge is 0.0622 e. The van der Waals surface area contributed by atoms with E-state index in [2.05, 4.69) is 184 Å². The molecule has 0 heterocycles. The molecule has 0 bridgehead atoms. The normalized spacial score (nSPS) is 11.3. The minimum absolute atomic E-state index is 1.23. The minimum atomic E-state index is 1.23. The predicted molar refractivity (Wildman–Crippen MR) is 198 cm³/mol. The van der Waals surface area contributed by atoms with Crippen LogP contribution in [-0.4, -0.2) is 0 Å². The Morgan fingerprint density at radius 2 is 0.609 bits per heavy atom. The van der Waals surface area contributed by atoms with Crippen LogP contribution in [0, 0.1) is 13.8 Å². The van der Waals surface area contributed by atoms with Crippen molar-refractivity contribution in [2.45, 2.75) is 13.8 Å². The second kappa shape index (κ2) is 11.7. The molecule has 218 valence electrons. The standard InChI is InChI=1S/C46H34/c1-31-27-32(2)29-40(28-31)39-25-26-43-44(30-39)46(38-23-19-36(20-24-38)34-13-7-4-8-14-34)42-16-10-9-15-41(42)45(43)37-21-17-35(18-22-37)33-11-5-3-6-12-33/h3-30H,1-2H3. The molecule has 0 spiro atoms. The second-order valence-corrected chi connectivity index (χ2v) is 12.3. The van der Waals surface area contributed by atoms with Gasteiger partial charge in [-0.3, -0.25) is 0 Å². The molecule has 46 heavy (non-hydrogen) atoms. The lowest BCUT2D eigenvalue weighted by Crippen LogP contribution is -1.92. The molecule has 0 saturated heterocycles. The molecule has 0 radical (unpaired) electrons. The van der Waals surface area contributed by atoms with Crippen molar-refractivity contribution < 1.29 is 0 Å². The van der Waals surface area contributed by atoms with Crippen LogP contribution < -0.4 is 0 Å². The van der Waals surface area contributed by atoms with Crippen molar-refractivity contribution in [1.29, 1.82) is 0 Å². The summed E-state index contributed by atoms with van der Waals surface area (Å²) in [7, 11) is 0. The van der Waals surface area contributed by atoms with Crippen LogP contribution in [0.15, 0.2) is 170 Å². The van der Waals surface area contributed by atoms with Gasteiger partial charge in [-0.15, -0.1) is 0 Å². The zero-order chi connectivity index (χ0) is 31.0. The van der Waals surface area contributed by atoms with Crippen molar-refractivity contribution in [3.05, 3.63) is 181 Å². The van der Waals surface area contributed by atoms with Crippen LogP contribution >= 0.6 is 0 Å². The molecule has 8 rings (SSSR count). The van der Waals surface area contributed by atoms with Crippen molar-refractivity contribution in [1.82, 2.24) is 0 Å². The van der Waals surface area contributed by atoms with E-state index in [-0.39, 0.29) is 0 Å². The van der Waals surface area contributed by atoms with Crippen molar-refractivity contribution >= 4 is 21.5 Å². The minimum Gasteiger partial charge on any atom is -0.0622 e. The molecular formula is C46H34. The smallest absolute Gasteiger partial charge is 0.00261 e. The van der Waals surface area contributed by atoms with Crippen LogP contribution in [0.4, 0.5) is 0 Å². The Hall–Kier alpha value is -5.72. The van der Waals surface area contributed by atoms with Crippen LogP contribution in [0.1, 0.15) is 11.1 Å². The molecule has 8 aromatic rings. The summed E-state index contributed by atoms with van der Waals surface area (Å²) in [5.74, 6) is 0. The molecular weight excluding hydrogens is 553 g/mol. The summed E-state index contributed by atoms with van der Waals surface area (Å²) < 4.78 is 0. The molecule has 0 fully saturated rings. The molecule has 0 amide bonds. The van der Waals surface area contributed by atoms with Crippen LogP contribution in [0.2, 0.25) is 0 Å². The average Bonchev–Trinajstić information content (AvgIpc) is 3.11. The molecule has 0 aliphatic heterocycles. The monoisotopic (exact) mass is 586 g/mol. The highest BCUT2D eigenvalue weighted by Gasteiger charge is 2.18. The van der Waals surface area contributed by atoms with Gasteiger partial charge in [-0.1, -0.05) is 175 Å². The summed E-state index contributed by atoms with van der Waals surface area (Å²) in [6.07, 6.45) is 0. The summed E-state index contributed by atoms with van der Waals surface area (Å²) >= 11 is 0. The number of fused-ring (bicyclic) bond motifs is 2. The summed E-state index contributed by atoms with van der Waals surface area (Å²) in [6.45, 7) is 4.37. The highest BCUT2D eigenvalue weighted by atomic mass is 14.2. The van der Waals surface area contributed by atoms with E-state index in [9.17, 15) is 0 Å². The molecule has 0 unspecified atom stereocenters. The Kier molecular flexibility index (Phi) is 7.04. The zero-order valence-electron chi connectivity index (χ0n) is 26.2. The van der Waals surface area contributed by atoms with E-state index in [0.717, 1.165) is 0 Å². The van der Waals surface area contributed by atoms with Crippen LogP contribution in [0.5, 0.6) is 0 Å². The lowest BCUT2D eigenvalue weighted by atomic mass is 9.84. The van der Waals surface area contributed by atoms with Crippen LogP contribution in [0.3, 0.4) is 0 Å². The van der Waals surface area contributed by atoms with Gasteiger partial charge in [0.2, 0.25) is 0 Å². The molecule has 0 aliphatic rings. The van der Waals surface area contributed by atoms with E-state index in [0.29, 0.717) is 0 Å². The number of benzene rings is 8. The first-order valence-corrected chi connectivity index (χ1v) is 16.0. The fourth-order valence-electron chi connectivity index (χ4n) is 7.04. The second-order valence-electron chi connectivity index (χ2n) is 12.3. The van der Waals surface area contributed by atoms with Gasteiger partial charge >= 0.3 is 0 Å². The lowest BCUT2D eigenvalue weighted by Gasteiger charge is -2.19. The quantitative estimate of drug-likeness (QED) is 0.176. The van der Waals surface area contributed by atoms with Crippen LogP contribution in [-0.2, 0) is 0 Å². The van der Waals surface area contributed by atoms with Crippen molar-refractivity contribution in [3.8, 4) is 55.6 Å². The maximum Gasteiger partial charge on any atom is -0.00261 e. The van der Waals surface area contributed by atoms with Crippen molar-refractivity contribution in [3.63, 3.8) is 0 Å². The van der Waals surface area contributed by atoms with Gasteiger partial charge in [0, 0.05) is 0 Å². The summed E-state index contributed by atoms with van der Waals surface area (Å²) in [5, 5.41) is 5.07.